The highest BCUT2D eigenvalue weighted by atomic mass is 32.1. The zero-order valence-electron chi connectivity index (χ0n) is 18.6. The third-order valence-electron chi connectivity index (χ3n) is 6.94. The number of hydrogen-bond donors (Lipinski definition) is 0. The Hall–Kier alpha value is -1.98. The Morgan fingerprint density at radius 2 is 1.73 bits per heavy atom. The van der Waals surface area contributed by atoms with Crippen LogP contribution in [-0.4, -0.2) is 32.5 Å². The van der Waals surface area contributed by atoms with E-state index in [1.807, 2.05) is 11.3 Å². The molecule has 0 amide bonds. The first-order valence-electron chi connectivity index (χ1n) is 11.2. The SMILES string of the molecule is CC1(C)CCCC(C)(C)N1c1ncnc2sc3c(c12)CCN(Cc1ccccc1)C3. The minimum atomic E-state index is 0.103. The summed E-state index contributed by atoms with van der Waals surface area (Å²) in [6.45, 7) is 12.6. The summed E-state index contributed by atoms with van der Waals surface area (Å²) < 4.78 is 0. The van der Waals surface area contributed by atoms with Gasteiger partial charge in [0.1, 0.15) is 17.0 Å². The number of benzene rings is 1. The van der Waals surface area contributed by atoms with E-state index in [0.717, 1.165) is 36.7 Å². The van der Waals surface area contributed by atoms with Gasteiger partial charge in [0.2, 0.25) is 0 Å². The summed E-state index contributed by atoms with van der Waals surface area (Å²) >= 11 is 1.87. The van der Waals surface area contributed by atoms with Crippen molar-refractivity contribution in [3.8, 4) is 0 Å². The van der Waals surface area contributed by atoms with Crippen molar-refractivity contribution >= 4 is 27.4 Å². The van der Waals surface area contributed by atoms with Crippen LogP contribution in [0.25, 0.3) is 10.2 Å². The van der Waals surface area contributed by atoms with Crippen LogP contribution >= 0.6 is 11.3 Å². The van der Waals surface area contributed by atoms with E-state index in [0.29, 0.717) is 0 Å². The molecule has 0 bridgehead atoms. The molecule has 4 nitrogen and oxygen atoms in total. The number of thiophene rings is 1. The second kappa shape index (κ2) is 7.31. The second-order valence-corrected chi connectivity index (χ2v) is 11.2. The zero-order valence-corrected chi connectivity index (χ0v) is 19.4. The molecule has 5 rings (SSSR count). The van der Waals surface area contributed by atoms with Crippen LogP contribution in [-0.2, 0) is 19.5 Å². The van der Waals surface area contributed by atoms with Crippen molar-refractivity contribution in [3.05, 3.63) is 52.7 Å². The van der Waals surface area contributed by atoms with Gasteiger partial charge in [-0.1, -0.05) is 30.3 Å². The number of aromatic nitrogens is 2. The molecule has 1 aromatic carbocycles. The van der Waals surface area contributed by atoms with Gasteiger partial charge in [-0.05, 0) is 64.5 Å². The highest BCUT2D eigenvalue weighted by molar-refractivity contribution is 7.19. The van der Waals surface area contributed by atoms with Gasteiger partial charge in [-0.25, -0.2) is 9.97 Å². The van der Waals surface area contributed by atoms with E-state index in [-0.39, 0.29) is 11.1 Å². The van der Waals surface area contributed by atoms with E-state index in [4.69, 9.17) is 9.97 Å². The summed E-state index contributed by atoms with van der Waals surface area (Å²) in [7, 11) is 0. The molecule has 1 saturated heterocycles. The van der Waals surface area contributed by atoms with Gasteiger partial charge < -0.3 is 4.90 Å². The van der Waals surface area contributed by atoms with Gasteiger partial charge in [-0.2, -0.15) is 0 Å². The van der Waals surface area contributed by atoms with E-state index >= 15 is 0 Å². The Kier molecular flexibility index (Phi) is 4.86. The lowest BCUT2D eigenvalue weighted by atomic mass is 9.79. The quantitative estimate of drug-likeness (QED) is 0.536. The molecule has 30 heavy (non-hydrogen) atoms. The average molecular weight is 421 g/mol. The Balaban J connectivity index is 1.53. The fraction of sp³-hybridized carbons (Fsp3) is 0.520. The Bertz CT molecular complexity index is 1040. The summed E-state index contributed by atoms with van der Waals surface area (Å²) in [5, 5.41) is 1.32. The first kappa shape index (κ1) is 20.0. The fourth-order valence-corrected chi connectivity index (χ4v) is 6.90. The van der Waals surface area contributed by atoms with Crippen molar-refractivity contribution in [3.63, 3.8) is 0 Å². The minimum Gasteiger partial charge on any atom is -0.346 e. The molecule has 5 heteroatoms. The summed E-state index contributed by atoms with van der Waals surface area (Å²) in [6.07, 6.45) is 6.55. The van der Waals surface area contributed by atoms with Crippen LogP contribution in [0, 0.1) is 0 Å². The summed E-state index contributed by atoms with van der Waals surface area (Å²) in [5.74, 6) is 1.16. The molecule has 4 heterocycles. The van der Waals surface area contributed by atoms with Gasteiger partial charge in [0.05, 0.1) is 5.39 Å². The molecule has 0 saturated carbocycles. The van der Waals surface area contributed by atoms with Crippen LogP contribution in [0.5, 0.6) is 0 Å². The third-order valence-corrected chi connectivity index (χ3v) is 8.07. The topological polar surface area (TPSA) is 32.3 Å². The molecular formula is C25H32N4S. The first-order chi connectivity index (χ1) is 14.4. The Labute approximate surface area is 184 Å². The van der Waals surface area contributed by atoms with E-state index < -0.39 is 0 Å². The van der Waals surface area contributed by atoms with Crippen molar-refractivity contribution in [2.24, 2.45) is 0 Å². The smallest absolute Gasteiger partial charge is 0.141 e. The number of rotatable bonds is 3. The summed E-state index contributed by atoms with van der Waals surface area (Å²) in [5.41, 5.74) is 3.09. The molecule has 0 N–H and O–H groups in total. The maximum absolute atomic E-state index is 4.90. The normalized spacial score (nSPS) is 21.0. The van der Waals surface area contributed by atoms with E-state index in [1.165, 1.54) is 40.7 Å². The standard InChI is InChI=1S/C25H32N4S/c1-24(2)12-8-13-25(3,4)29(24)22-21-19-11-14-28(15-18-9-6-5-7-10-18)16-20(19)30-23(21)27-17-26-22/h5-7,9-10,17H,8,11-16H2,1-4H3. The van der Waals surface area contributed by atoms with E-state index in [1.54, 1.807) is 6.33 Å². The molecule has 158 valence electrons. The molecular weight excluding hydrogens is 388 g/mol. The van der Waals surface area contributed by atoms with Gasteiger partial charge >= 0.3 is 0 Å². The molecule has 1 fully saturated rings. The molecule has 2 aliphatic rings. The molecule has 3 aromatic rings. The molecule has 0 atom stereocenters. The van der Waals surface area contributed by atoms with Gasteiger partial charge in [0.15, 0.2) is 0 Å². The minimum absolute atomic E-state index is 0.103. The number of hydrogen-bond acceptors (Lipinski definition) is 5. The molecule has 2 aromatic heterocycles. The number of nitrogens with zero attached hydrogens (tertiary/aromatic N) is 4. The summed E-state index contributed by atoms with van der Waals surface area (Å²) in [6, 6.07) is 10.8. The predicted octanol–water partition coefficient (Wildman–Crippen LogP) is 5.80. The van der Waals surface area contributed by atoms with Gasteiger partial charge in [-0.15, -0.1) is 11.3 Å². The molecule has 0 unspecified atom stereocenters. The summed E-state index contributed by atoms with van der Waals surface area (Å²) in [4.78, 5) is 17.4. The lowest BCUT2D eigenvalue weighted by molar-refractivity contribution is 0.242. The maximum atomic E-state index is 4.90. The second-order valence-electron chi connectivity index (χ2n) is 10.1. The van der Waals surface area contributed by atoms with Crippen molar-refractivity contribution in [1.29, 1.82) is 0 Å². The van der Waals surface area contributed by atoms with Crippen molar-refractivity contribution < 1.29 is 0 Å². The monoisotopic (exact) mass is 420 g/mol. The van der Waals surface area contributed by atoms with Gasteiger partial charge in [0.25, 0.3) is 0 Å². The lowest BCUT2D eigenvalue weighted by Gasteiger charge is -2.54. The Morgan fingerprint density at radius 1 is 1.00 bits per heavy atom. The molecule has 2 aliphatic heterocycles. The van der Waals surface area contributed by atoms with Crippen LogP contribution in [0.1, 0.15) is 63.0 Å². The van der Waals surface area contributed by atoms with Crippen LogP contribution in [0.4, 0.5) is 5.82 Å². The van der Waals surface area contributed by atoms with Crippen LogP contribution in [0.3, 0.4) is 0 Å². The zero-order chi connectivity index (χ0) is 20.9. The van der Waals surface area contributed by atoms with Crippen LogP contribution in [0.15, 0.2) is 36.7 Å². The molecule has 0 aliphatic carbocycles. The number of anilines is 1. The lowest BCUT2D eigenvalue weighted by Crippen LogP contribution is -2.59. The van der Waals surface area contributed by atoms with Gasteiger partial charge in [0, 0.05) is 35.6 Å². The largest absolute Gasteiger partial charge is 0.346 e. The highest BCUT2D eigenvalue weighted by Gasteiger charge is 2.43. The predicted molar refractivity (Wildman–Crippen MR) is 126 cm³/mol. The number of piperidine rings is 1. The average Bonchev–Trinajstić information content (AvgIpc) is 3.06. The van der Waals surface area contributed by atoms with Crippen LogP contribution < -0.4 is 4.90 Å². The van der Waals surface area contributed by atoms with E-state index in [2.05, 4.69) is 67.8 Å². The van der Waals surface area contributed by atoms with E-state index in [9.17, 15) is 0 Å². The third kappa shape index (κ3) is 3.42. The molecule has 0 spiro atoms. The van der Waals surface area contributed by atoms with Crippen molar-refractivity contribution in [2.45, 2.75) is 77.5 Å². The highest BCUT2D eigenvalue weighted by Crippen LogP contribution is 2.46. The van der Waals surface area contributed by atoms with Gasteiger partial charge in [-0.3, -0.25) is 4.90 Å². The van der Waals surface area contributed by atoms with Crippen LogP contribution in [0.2, 0.25) is 0 Å². The van der Waals surface area contributed by atoms with Crippen molar-refractivity contribution in [1.82, 2.24) is 14.9 Å². The maximum Gasteiger partial charge on any atom is 0.141 e. The number of fused-ring (bicyclic) bond motifs is 3. The first-order valence-corrected chi connectivity index (χ1v) is 12.0. The fourth-order valence-electron chi connectivity index (χ4n) is 5.68. The van der Waals surface area contributed by atoms with Crippen molar-refractivity contribution in [2.75, 3.05) is 11.4 Å². The molecule has 0 radical (unpaired) electrons. The Morgan fingerprint density at radius 3 is 2.47 bits per heavy atom.